The van der Waals surface area contributed by atoms with Crippen molar-refractivity contribution in [3.05, 3.63) is 22.6 Å². The molecule has 3 nitrogen and oxygen atoms in total. The first-order chi connectivity index (χ1) is 7.33. The van der Waals surface area contributed by atoms with Crippen LogP contribution in [0.1, 0.15) is 25.0 Å². The summed E-state index contributed by atoms with van der Waals surface area (Å²) in [6.45, 7) is 2.70. The van der Waals surface area contributed by atoms with Crippen LogP contribution in [-0.2, 0) is 11.3 Å². The van der Waals surface area contributed by atoms with Crippen molar-refractivity contribution in [2.45, 2.75) is 25.8 Å². The molecule has 0 radical (unpaired) electrons. The number of unbranched alkanes of at least 4 members (excludes halogenated alkanes) is 2. The van der Waals surface area contributed by atoms with Gasteiger partial charge in [0.25, 0.3) is 0 Å². The van der Waals surface area contributed by atoms with Crippen LogP contribution in [0.15, 0.2) is 21.2 Å². The maximum absolute atomic E-state index is 5.36. The summed E-state index contributed by atoms with van der Waals surface area (Å²) in [5.74, 6) is 0.971. The molecule has 1 N–H and O–H groups in total. The Balaban J connectivity index is 1.93. The minimum Gasteiger partial charge on any atom is -0.453 e. The van der Waals surface area contributed by atoms with Crippen LogP contribution in [-0.4, -0.2) is 20.3 Å². The first kappa shape index (κ1) is 12.7. The van der Waals surface area contributed by atoms with Gasteiger partial charge in [-0.2, -0.15) is 0 Å². The van der Waals surface area contributed by atoms with Crippen LogP contribution in [0.25, 0.3) is 0 Å². The van der Waals surface area contributed by atoms with Gasteiger partial charge < -0.3 is 14.5 Å². The Bertz CT molecular complexity index is 263. The third-order valence-corrected chi connectivity index (χ3v) is 2.56. The van der Waals surface area contributed by atoms with Crippen molar-refractivity contribution in [2.75, 3.05) is 20.3 Å². The maximum atomic E-state index is 5.36. The van der Waals surface area contributed by atoms with Crippen molar-refractivity contribution in [1.82, 2.24) is 5.32 Å². The molecule has 0 aliphatic heterocycles. The predicted molar refractivity (Wildman–Crippen MR) is 63.8 cm³/mol. The molecule has 1 aromatic heterocycles. The highest BCUT2D eigenvalue weighted by Gasteiger charge is 1.97. The van der Waals surface area contributed by atoms with Gasteiger partial charge in [-0.3, -0.25) is 0 Å². The van der Waals surface area contributed by atoms with E-state index < -0.39 is 0 Å². The van der Waals surface area contributed by atoms with E-state index in [2.05, 4.69) is 21.2 Å². The molecule has 0 saturated heterocycles. The van der Waals surface area contributed by atoms with Gasteiger partial charge in [0.1, 0.15) is 5.76 Å². The quantitative estimate of drug-likeness (QED) is 0.741. The molecule has 1 aromatic rings. The maximum Gasteiger partial charge on any atom is 0.169 e. The summed E-state index contributed by atoms with van der Waals surface area (Å²) >= 11 is 3.27. The summed E-state index contributed by atoms with van der Waals surface area (Å²) in [7, 11) is 1.74. The minimum atomic E-state index is 0.791. The molecule has 0 spiro atoms. The normalized spacial score (nSPS) is 10.8. The van der Waals surface area contributed by atoms with Crippen molar-refractivity contribution in [2.24, 2.45) is 0 Å². The van der Waals surface area contributed by atoms with E-state index in [1.807, 2.05) is 12.1 Å². The Morgan fingerprint density at radius 1 is 1.33 bits per heavy atom. The van der Waals surface area contributed by atoms with E-state index >= 15 is 0 Å². The minimum absolute atomic E-state index is 0.791. The summed E-state index contributed by atoms with van der Waals surface area (Å²) < 4.78 is 11.1. The Morgan fingerprint density at radius 2 is 2.20 bits per heavy atom. The summed E-state index contributed by atoms with van der Waals surface area (Å²) in [5, 5.41) is 3.34. The van der Waals surface area contributed by atoms with Crippen molar-refractivity contribution in [3.63, 3.8) is 0 Å². The van der Waals surface area contributed by atoms with E-state index in [0.29, 0.717) is 0 Å². The van der Waals surface area contributed by atoms with Gasteiger partial charge in [-0.1, -0.05) is 0 Å². The number of nitrogens with one attached hydrogen (secondary N) is 1. The highest BCUT2D eigenvalue weighted by Crippen LogP contribution is 2.13. The van der Waals surface area contributed by atoms with Gasteiger partial charge in [0.2, 0.25) is 0 Å². The molecule has 0 aliphatic carbocycles. The molecular weight excluding hydrogens is 258 g/mol. The summed E-state index contributed by atoms with van der Waals surface area (Å²) in [5.41, 5.74) is 0. The molecule has 0 atom stereocenters. The molecule has 0 saturated carbocycles. The Kier molecular flexibility index (Phi) is 6.72. The molecule has 86 valence electrons. The van der Waals surface area contributed by atoms with Crippen LogP contribution in [0, 0.1) is 0 Å². The predicted octanol–water partition coefficient (Wildman–Crippen LogP) is 2.95. The largest absolute Gasteiger partial charge is 0.453 e. The third kappa shape index (κ3) is 5.97. The standard InChI is InChI=1S/C11H18BrNO2/c1-14-8-4-2-3-7-13-9-10-5-6-11(12)15-10/h5-6,13H,2-4,7-9H2,1H3. The molecular formula is C11H18BrNO2. The molecule has 0 aliphatic rings. The fraction of sp³-hybridized carbons (Fsp3) is 0.636. The monoisotopic (exact) mass is 275 g/mol. The van der Waals surface area contributed by atoms with E-state index in [1.54, 1.807) is 7.11 Å². The zero-order valence-corrected chi connectivity index (χ0v) is 10.7. The van der Waals surface area contributed by atoms with E-state index in [4.69, 9.17) is 9.15 Å². The van der Waals surface area contributed by atoms with E-state index in [1.165, 1.54) is 12.8 Å². The van der Waals surface area contributed by atoms with Crippen molar-refractivity contribution in [1.29, 1.82) is 0 Å². The highest BCUT2D eigenvalue weighted by atomic mass is 79.9. The fourth-order valence-electron chi connectivity index (χ4n) is 1.33. The number of rotatable bonds is 8. The van der Waals surface area contributed by atoms with Gasteiger partial charge >= 0.3 is 0 Å². The van der Waals surface area contributed by atoms with Crippen LogP contribution in [0.3, 0.4) is 0 Å². The van der Waals surface area contributed by atoms with Gasteiger partial charge in [0.05, 0.1) is 6.54 Å². The topological polar surface area (TPSA) is 34.4 Å². The number of furan rings is 1. The molecule has 1 rings (SSSR count). The van der Waals surface area contributed by atoms with Gasteiger partial charge in [-0.15, -0.1) is 0 Å². The third-order valence-electron chi connectivity index (χ3n) is 2.13. The second-order valence-electron chi connectivity index (χ2n) is 3.44. The fourth-order valence-corrected chi connectivity index (χ4v) is 1.67. The van der Waals surface area contributed by atoms with Gasteiger partial charge in [0.15, 0.2) is 4.67 Å². The number of hydrogen-bond acceptors (Lipinski definition) is 3. The highest BCUT2D eigenvalue weighted by molar-refractivity contribution is 9.10. The Morgan fingerprint density at radius 3 is 2.87 bits per heavy atom. The lowest BCUT2D eigenvalue weighted by Gasteiger charge is -2.02. The van der Waals surface area contributed by atoms with E-state index in [-0.39, 0.29) is 0 Å². The number of methoxy groups -OCH3 is 1. The van der Waals surface area contributed by atoms with Crippen molar-refractivity contribution >= 4 is 15.9 Å². The molecule has 0 fully saturated rings. The second kappa shape index (κ2) is 7.91. The SMILES string of the molecule is COCCCCCNCc1ccc(Br)o1. The van der Waals surface area contributed by atoms with E-state index in [9.17, 15) is 0 Å². The Labute approximate surface area is 99.3 Å². The number of ether oxygens (including phenoxy) is 1. The van der Waals surface area contributed by atoms with Gasteiger partial charge in [-0.05, 0) is 53.9 Å². The summed E-state index contributed by atoms with van der Waals surface area (Å²) in [4.78, 5) is 0. The lowest BCUT2D eigenvalue weighted by molar-refractivity contribution is 0.192. The zero-order valence-electron chi connectivity index (χ0n) is 9.09. The molecule has 0 amide bonds. The Hall–Kier alpha value is -0.320. The number of halogens is 1. The average Bonchev–Trinajstić information content (AvgIpc) is 2.63. The van der Waals surface area contributed by atoms with Crippen LogP contribution >= 0.6 is 15.9 Å². The summed E-state index contributed by atoms with van der Waals surface area (Å²) in [6, 6.07) is 3.89. The second-order valence-corrected chi connectivity index (χ2v) is 4.22. The smallest absolute Gasteiger partial charge is 0.169 e. The van der Waals surface area contributed by atoms with Gasteiger partial charge in [-0.25, -0.2) is 0 Å². The lowest BCUT2D eigenvalue weighted by atomic mass is 10.2. The first-order valence-electron chi connectivity index (χ1n) is 5.27. The molecule has 0 aromatic carbocycles. The average molecular weight is 276 g/mol. The zero-order chi connectivity index (χ0) is 10.9. The van der Waals surface area contributed by atoms with Crippen LogP contribution < -0.4 is 5.32 Å². The van der Waals surface area contributed by atoms with Crippen LogP contribution in [0.5, 0.6) is 0 Å². The van der Waals surface area contributed by atoms with E-state index in [0.717, 1.165) is 36.5 Å². The molecule has 0 unspecified atom stereocenters. The van der Waals surface area contributed by atoms with Gasteiger partial charge in [0, 0.05) is 13.7 Å². The van der Waals surface area contributed by atoms with Crippen molar-refractivity contribution < 1.29 is 9.15 Å². The first-order valence-corrected chi connectivity index (χ1v) is 6.06. The lowest BCUT2D eigenvalue weighted by Crippen LogP contribution is -2.14. The van der Waals surface area contributed by atoms with Crippen LogP contribution in [0.4, 0.5) is 0 Å². The van der Waals surface area contributed by atoms with Crippen LogP contribution in [0.2, 0.25) is 0 Å². The van der Waals surface area contributed by atoms with Crippen molar-refractivity contribution in [3.8, 4) is 0 Å². The molecule has 1 heterocycles. The summed E-state index contributed by atoms with van der Waals surface area (Å²) in [6.07, 6.45) is 3.54. The molecule has 15 heavy (non-hydrogen) atoms. The number of hydrogen-bond donors (Lipinski definition) is 1. The molecule has 4 heteroatoms. The molecule has 0 bridgehead atoms.